The summed E-state index contributed by atoms with van der Waals surface area (Å²) in [5.74, 6) is 1.51. The van der Waals surface area contributed by atoms with E-state index in [0.29, 0.717) is 18.7 Å². The van der Waals surface area contributed by atoms with Crippen molar-refractivity contribution in [1.29, 1.82) is 0 Å². The Morgan fingerprint density at radius 2 is 2.14 bits per heavy atom. The smallest absolute Gasteiger partial charge is 0.394 e. The van der Waals surface area contributed by atoms with Crippen LogP contribution in [0.15, 0.2) is 28.9 Å². The molecule has 0 bridgehead atoms. The number of benzene rings is 1. The second-order valence-corrected chi connectivity index (χ2v) is 5.24. The van der Waals surface area contributed by atoms with Gasteiger partial charge in [-0.3, -0.25) is 0 Å². The normalized spacial score (nSPS) is 16.2. The fraction of sp³-hybridized carbons (Fsp3) is 0.400. The van der Waals surface area contributed by atoms with Crippen molar-refractivity contribution >= 4 is 0 Å². The van der Waals surface area contributed by atoms with Crippen LogP contribution in [0.4, 0.5) is 0 Å². The van der Waals surface area contributed by atoms with E-state index in [0.717, 1.165) is 29.3 Å². The molecule has 110 valence electrons. The Labute approximate surface area is 122 Å². The number of rotatable bonds is 6. The van der Waals surface area contributed by atoms with Crippen molar-refractivity contribution in [3.8, 4) is 17.6 Å². The van der Waals surface area contributed by atoms with Crippen LogP contribution >= 0.6 is 0 Å². The Hall–Kier alpha value is -2.21. The van der Waals surface area contributed by atoms with Crippen LogP contribution in [-0.2, 0) is 13.2 Å². The average Bonchev–Trinajstić information content (AvgIpc) is 3.04. The molecule has 4 rings (SSSR count). The molecule has 6 nitrogen and oxygen atoms in total. The largest absolute Gasteiger partial charge is 0.454 e. The maximum absolute atomic E-state index is 5.55. The van der Waals surface area contributed by atoms with E-state index in [1.807, 2.05) is 18.2 Å². The van der Waals surface area contributed by atoms with E-state index in [2.05, 4.69) is 10.3 Å². The molecule has 2 heterocycles. The highest BCUT2D eigenvalue weighted by Gasteiger charge is 2.20. The Balaban J connectivity index is 1.33. The van der Waals surface area contributed by atoms with E-state index in [9.17, 15) is 0 Å². The van der Waals surface area contributed by atoms with Crippen molar-refractivity contribution in [2.75, 3.05) is 6.79 Å². The van der Waals surface area contributed by atoms with Gasteiger partial charge in [-0.15, -0.1) is 0 Å². The number of nitrogens with zero attached hydrogens (tertiary/aromatic N) is 1. The lowest BCUT2D eigenvalue weighted by molar-refractivity contribution is 0.173. The van der Waals surface area contributed by atoms with Crippen LogP contribution in [0.5, 0.6) is 17.6 Å². The molecule has 1 N–H and O–H groups in total. The second kappa shape index (κ2) is 5.29. The molecule has 0 saturated heterocycles. The molecular weight excluding hydrogens is 272 g/mol. The van der Waals surface area contributed by atoms with Crippen LogP contribution in [0, 0.1) is 0 Å². The SMILES string of the molecule is c1cc2c(cc1COc1nc(CNC3CC3)co1)OCO2. The number of aromatic nitrogens is 1. The first kappa shape index (κ1) is 12.5. The summed E-state index contributed by atoms with van der Waals surface area (Å²) in [6.45, 7) is 1.38. The summed E-state index contributed by atoms with van der Waals surface area (Å²) in [6, 6.07) is 6.37. The summed E-state index contributed by atoms with van der Waals surface area (Å²) < 4.78 is 21.5. The number of hydrogen-bond donors (Lipinski definition) is 1. The van der Waals surface area contributed by atoms with Crippen molar-refractivity contribution < 1.29 is 18.6 Å². The molecule has 1 aliphatic carbocycles. The molecule has 2 aromatic rings. The highest BCUT2D eigenvalue weighted by molar-refractivity contribution is 5.44. The molecule has 0 amide bonds. The molecule has 0 spiro atoms. The standard InChI is InChI=1S/C15H16N2O4/c1-4-13-14(21-9-20-13)5-10(1)7-18-15-17-12(8-19-15)6-16-11-2-3-11/h1,4-5,8,11,16H,2-3,6-7,9H2. The maximum atomic E-state index is 5.55. The summed E-state index contributed by atoms with van der Waals surface area (Å²) in [5.41, 5.74) is 1.85. The van der Waals surface area contributed by atoms with Crippen LogP contribution in [0.3, 0.4) is 0 Å². The van der Waals surface area contributed by atoms with Gasteiger partial charge in [-0.05, 0) is 30.5 Å². The van der Waals surface area contributed by atoms with E-state index >= 15 is 0 Å². The molecule has 21 heavy (non-hydrogen) atoms. The average molecular weight is 288 g/mol. The third-order valence-corrected chi connectivity index (χ3v) is 3.48. The van der Waals surface area contributed by atoms with Crippen LogP contribution < -0.4 is 19.5 Å². The Bertz CT molecular complexity index is 636. The van der Waals surface area contributed by atoms with Crippen LogP contribution in [0.25, 0.3) is 0 Å². The van der Waals surface area contributed by atoms with Gasteiger partial charge in [0.25, 0.3) is 0 Å². The molecule has 1 aliphatic heterocycles. The van der Waals surface area contributed by atoms with Crippen molar-refractivity contribution in [2.24, 2.45) is 0 Å². The number of nitrogens with one attached hydrogen (secondary N) is 1. The Morgan fingerprint density at radius 3 is 3.05 bits per heavy atom. The number of hydrogen-bond acceptors (Lipinski definition) is 6. The van der Waals surface area contributed by atoms with Gasteiger partial charge < -0.3 is 23.9 Å². The van der Waals surface area contributed by atoms with Gasteiger partial charge in [-0.2, -0.15) is 4.98 Å². The quantitative estimate of drug-likeness (QED) is 0.879. The van der Waals surface area contributed by atoms with Gasteiger partial charge in [0.2, 0.25) is 6.79 Å². The van der Waals surface area contributed by atoms with Crippen molar-refractivity contribution in [2.45, 2.75) is 32.0 Å². The minimum Gasteiger partial charge on any atom is -0.454 e. The molecule has 1 aromatic heterocycles. The van der Waals surface area contributed by atoms with Crippen molar-refractivity contribution in [3.05, 3.63) is 35.7 Å². The zero-order valence-corrected chi connectivity index (χ0v) is 11.5. The van der Waals surface area contributed by atoms with Gasteiger partial charge in [0.15, 0.2) is 11.5 Å². The molecule has 6 heteroatoms. The molecule has 2 aliphatic rings. The number of oxazole rings is 1. The first-order valence-electron chi connectivity index (χ1n) is 7.06. The third-order valence-electron chi connectivity index (χ3n) is 3.48. The molecule has 1 aromatic carbocycles. The van der Waals surface area contributed by atoms with Gasteiger partial charge in [0.05, 0.1) is 5.69 Å². The number of ether oxygens (including phenoxy) is 3. The number of fused-ring (bicyclic) bond motifs is 1. The van der Waals surface area contributed by atoms with E-state index in [4.69, 9.17) is 18.6 Å². The minimum absolute atomic E-state index is 0.275. The lowest BCUT2D eigenvalue weighted by Gasteiger charge is -2.03. The van der Waals surface area contributed by atoms with E-state index < -0.39 is 0 Å². The second-order valence-electron chi connectivity index (χ2n) is 5.24. The maximum Gasteiger partial charge on any atom is 0.394 e. The summed E-state index contributed by atoms with van der Waals surface area (Å²) in [5, 5.41) is 3.38. The van der Waals surface area contributed by atoms with Gasteiger partial charge in [-0.25, -0.2) is 0 Å². The van der Waals surface area contributed by atoms with Crippen LogP contribution in [0.1, 0.15) is 24.1 Å². The molecule has 0 atom stereocenters. The summed E-state index contributed by atoms with van der Waals surface area (Å²) >= 11 is 0. The lowest BCUT2D eigenvalue weighted by Crippen LogP contribution is -2.15. The minimum atomic E-state index is 0.275. The highest BCUT2D eigenvalue weighted by atomic mass is 16.7. The third kappa shape index (κ3) is 2.95. The predicted molar refractivity (Wildman–Crippen MR) is 73.3 cm³/mol. The molecular formula is C15H16N2O4. The van der Waals surface area contributed by atoms with Gasteiger partial charge >= 0.3 is 6.08 Å². The molecule has 1 fully saturated rings. The van der Waals surface area contributed by atoms with E-state index in [1.54, 1.807) is 6.26 Å². The summed E-state index contributed by atoms with van der Waals surface area (Å²) in [6.07, 6.45) is 4.43. The Morgan fingerprint density at radius 1 is 1.24 bits per heavy atom. The highest BCUT2D eigenvalue weighted by Crippen LogP contribution is 2.32. The first-order chi connectivity index (χ1) is 10.4. The molecule has 1 saturated carbocycles. The predicted octanol–water partition coefficient (Wildman–Crippen LogP) is 2.23. The zero-order chi connectivity index (χ0) is 14.1. The van der Waals surface area contributed by atoms with Crippen LogP contribution in [0.2, 0.25) is 0 Å². The molecule has 0 radical (unpaired) electrons. The van der Waals surface area contributed by atoms with Crippen molar-refractivity contribution in [3.63, 3.8) is 0 Å². The monoisotopic (exact) mass is 288 g/mol. The fourth-order valence-corrected chi connectivity index (χ4v) is 2.15. The Kier molecular flexibility index (Phi) is 3.16. The molecule has 0 unspecified atom stereocenters. The van der Waals surface area contributed by atoms with E-state index in [-0.39, 0.29) is 6.79 Å². The van der Waals surface area contributed by atoms with Gasteiger partial charge in [0, 0.05) is 12.6 Å². The van der Waals surface area contributed by atoms with E-state index in [1.165, 1.54) is 12.8 Å². The van der Waals surface area contributed by atoms with Gasteiger partial charge in [-0.1, -0.05) is 6.07 Å². The van der Waals surface area contributed by atoms with Gasteiger partial charge in [0.1, 0.15) is 12.9 Å². The lowest BCUT2D eigenvalue weighted by atomic mass is 10.2. The van der Waals surface area contributed by atoms with Crippen LogP contribution in [-0.4, -0.2) is 17.8 Å². The first-order valence-corrected chi connectivity index (χ1v) is 7.06. The summed E-state index contributed by atoms with van der Waals surface area (Å²) in [7, 11) is 0. The summed E-state index contributed by atoms with van der Waals surface area (Å²) in [4.78, 5) is 4.29. The zero-order valence-electron chi connectivity index (χ0n) is 11.5. The topological polar surface area (TPSA) is 65.8 Å². The van der Waals surface area contributed by atoms with Crippen molar-refractivity contribution in [1.82, 2.24) is 10.3 Å². The fourth-order valence-electron chi connectivity index (χ4n) is 2.15.